The fourth-order valence-electron chi connectivity index (χ4n) is 2.10. The number of aryl methyl sites for hydroxylation is 1. The summed E-state index contributed by atoms with van der Waals surface area (Å²) < 4.78 is 11.2. The molecule has 3 rings (SSSR count). The van der Waals surface area contributed by atoms with Crippen molar-refractivity contribution in [1.82, 2.24) is 10.2 Å². The number of thioether (sulfide) groups is 1. The molecular weight excluding hydrogens is 342 g/mol. The first-order chi connectivity index (χ1) is 12.1. The summed E-state index contributed by atoms with van der Waals surface area (Å²) in [6, 6.07) is 13.8. The number of nitro benzene ring substituents is 1. The highest BCUT2D eigenvalue weighted by Gasteiger charge is 2.11. The molecule has 0 aliphatic heterocycles. The fraction of sp³-hybridized carbons (Fsp3) is 0.176. The molecule has 0 radical (unpaired) electrons. The maximum absolute atomic E-state index is 10.7. The second kappa shape index (κ2) is 7.80. The van der Waals surface area contributed by atoms with E-state index in [1.807, 2.05) is 31.2 Å². The van der Waals surface area contributed by atoms with E-state index < -0.39 is 4.92 Å². The normalized spacial score (nSPS) is 10.6. The zero-order chi connectivity index (χ0) is 17.6. The minimum absolute atomic E-state index is 0.0196. The van der Waals surface area contributed by atoms with Gasteiger partial charge in [0.2, 0.25) is 5.89 Å². The smallest absolute Gasteiger partial charge is 0.276 e. The van der Waals surface area contributed by atoms with Crippen molar-refractivity contribution in [2.45, 2.75) is 12.1 Å². The van der Waals surface area contributed by atoms with Gasteiger partial charge in [0, 0.05) is 23.4 Å². The van der Waals surface area contributed by atoms with Crippen molar-refractivity contribution in [2.75, 3.05) is 12.4 Å². The first kappa shape index (κ1) is 17.0. The van der Waals surface area contributed by atoms with Crippen LogP contribution in [0.5, 0.6) is 5.75 Å². The summed E-state index contributed by atoms with van der Waals surface area (Å²) in [5.41, 5.74) is 1.81. The van der Waals surface area contributed by atoms with Crippen LogP contribution in [0.3, 0.4) is 0 Å². The van der Waals surface area contributed by atoms with Crippen molar-refractivity contribution in [3.8, 4) is 17.2 Å². The van der Waals surface area contributed by atoms with E-state index in [-0.39, 0.29) is 5.69 Å². The Bertz CT molecular complexity index is 864. The predicted molar refractivity (Wildman–Crippen MR) is 93.8 cm³/mol. The Morgan fingerprint density at radius 2 is 2.00 bits per heavy atom. The van der Waals surface area contributed by atoms with Gasteiger partial charge in [-0.1, -0.05) is 23.9 Å². The van der Waals surface area contributed by atoms with Gasteiger partial charge in [-0.25, -0.2) is 0 Å². The quantitative estimate of drug-likeness (QED) is 0.272. The van der Waals surface area contributed by atoms with Crippen molar-refractivity contribution in [1.29, 1.82) is 0 Å². The highest BCUT2D eigenvalue weighted by molar-refractivity contribution is 7.99. The number of aromatic nitrogens is 2. The Morgan fingerprint density at radius 3 is 2.72 bits per heavy atom. The van der Waals surface area contributed by atoms with E-state index in [0.717, 1.165) is 11.3 Å². The number of hydrogen-bond acceptors (Lipinski definition) is 7. The lowest BCUT2D eigenvalue weighted by molar-refractivity contribution is -0.384. The topological polar surface area (TPSA) is 91.3 Å². The Kier molecular flexibility index (Phi) is 5.30. The van der Waals surface area contributed by atoms with Crippen LogP contribution in [-0.4, -0.2) is 27.5 Å². The zero-order valence-electron chi connectivity index (χ0n) is 13.4. The second-order valence-corrected chi connectivity index (χ2v) is 6.24. The lowest BCUT2D eigenvalue weighted by atomic mass is 10.2. The standard InChI is InChI=1S/C17H15N3O4S/c1-12-3-2-4-15(11-12)23-9-10-25-17-19-18-16(24-17)13-5-7-14(8-6-13)20(21)22/h2-8,11H,9-10H2,1H3. The van der Waals surface area contributed by atoms with Crippen LogP contribution >= 0.6 is 11.8 Å². The van der Waals surface area contributed by atoms with Gasteiger partial charge < -0.3 is 9.15 Å². The van der Waals surface area contributed by atoms with Crippen LogP contribution in [0.4, 0.5) is 5.69 Å². The second-order valence-electron chi connectivity index (χ2n) is 5.19. The van der Waals surface area contributed by atoms with Crippen molar-refractivity contribution < 1.29 is 14.1 Å². The van der Waals surface area contributed by atoms with E-state index in [9.17, 15) is 10.1 Å². The van der Waals surface area contributed by atoms with Gasteiger partial charge in [-0.05, 0) is 36.8 Å². The SMILES string of the molecule is Cc1cccc(OCCSc2nnc(-c3ccc([N+](=O)[O-])cc3)o2)c1. The fourth-order valence-corrected chi connectivity index (χ4v) is 2.68. The molecule has 0 N–H and O–H groups in total. The molecular formula is C17H15N3O4S. The zero-order valence-corrected chi connectivity index (χ0v) is 14.2. The maximum Gasteiger partial charge on any atom is 0.276 e. The summed E-state index contributed by atoms with van der Waals surface area (Å²) in [6.45, 7) is 2.53. The number of benzene rings is 2. The summed E-state index contributed by atoms with van der Waals surface area (Å²) in [5.74, 6) is 1.82. The van der Waals surface area contributed by atoms with Crippen LogP contribution < -0.4 is 4.74 Å². The maximum atomic E-state index is 10.7. The van der Waals surface area contributed by atoms with Crippen LogP contribution in [0.1, 0.15) is 5.56 Å². The molecule has 0 saturated carbocycles. The molecule has 0 spiro atoms. The van der Waals surface area contributed by atoms with Crippen molar-refractivity contribution in [3.05, 3.63) is 64.2 Å². The van der Waals surface area contributed by atoms with Crippen LogP contribution in [0.2, 0.25) is 0 Å². The van der Waals surface area contributed by atoms with Gasteiger partial charge in [0.1, 0.15) is 5.75 Å². The molecule has 7 nitrogen and oxygen atoms in total. The minimum atomic E-state index is -0.451. The first-order valence-corrected chi connectivity index (χ1v) is 8.51. The van der Waals surface area contributed by atoms with Gasteiger partial charge >= 0.3 is 0 Å². The number of nitrogens with zero attached hydrogens (tertiary/aromatic N) is 3. The highest BCUT2D eigenvalue weighted by Crippen LogP contribution is 2.25. The lowest BCUT2D eigenvalue weighted by Crippen LogP contribution is -2.00. The molecule has 1 aromatic heterocycles. The summed E-state index contributed by atoms with van der Waals surface area (Å²) in [5, 5.41) is 19.0. The lowest BCUT2D eigenvalue weighted by Gasteiger charge is -2.05. The molecule has 128 valence electrons. The van der Waals surface area contributed by atoms with Gasteiger partial charge in [0.05, 0.1) is 11.5 Å². The summed E-state index contributed by atoms with van der Waals surface area (Å²) in [4.78, 5) is 10.2. The molecule has 0 fully saturated rings. The third-order valence-corrected chi connectivity index (χ3v) is 4.08. The van der Waals surface area contributed by atoms with Crippen LogP contribution in [0, 0.1) is 17.0 Å². The number of non-ortho nitro benzene ring substituents is 1. The third kappa shape index (κ3) is 4.57. The summed E-state index contributed by atoms with van der Waals surface area (Å²) >= 11 is 1.39. The minimum Gasteiger partial charge on any atom is -0.493 e. The molecule has 0 atom stereocenters. The molecule has 8 heteroatoms. The van der Waals surface area contributed by atoms with E-state index >= 15 is 0 Å². The van der Waals surface area contributed by atoms with Gasteiger partial charge in [-0.15, -0.1) is 10.2 Å². The van der Waals surface area contributed by atoms with E-state index in [2.05, 4.69) is 10.2 Å². The van der Waals surface area contributed by atoms with Gasteiger partial charge in [-0.3, -0.25) is 10.1 Å². The molecule has 0 aliphatic carbocycles. The number of hydrogen-bond donors (Lipinski definition) is 0. The summed E-state index contributed by atoms with van der Waals surface area (Å²) in [7, 11) is 0. The number of rotatable bonds is 7. The average Bonchev–Trinajstić information content (AvgIpc) is 3.08. The van der Waals surface area contributed by atoms with Crippen molar-refractivity contribution in [3.63, 3.8) is 0 Å². The van der Waals surface area contributed by atoms with Crippen LogP contribution in [-0.2, 0) is 0 Å². The Labute approximate surface area is 148 Å². The molecule has 25 heavy (non-hydrogen) atoms. The molecule has 0 saturated heterocycles. The Morgan fingerprint density at radius 1 is 1.20 bits per heavy atom. The summed E-state index contributed by atoms with van der Waals surface area (Å²) in [6.07, 6.45) is 0. The molecule has 2 aromatic carbocycles. The largest absolute Gasteiger partial charge is 0.493 e. The first-order valence-electron chi connectivity index (χ1n) is 7.52. The van der Waals surface area contributed by atoms with Crippen molar-refractivity contribution >= 4 is 17.4 Å². The molecule has 3 aromatic rings. The van der Waals surface area contributed by atoms with Gasteiger partial charge in [0.25, 0.3) is 10.9 Å². The molecule has 1 heterocycles. The van der Waals surface area contributed by atoms with E-state index in [1.54, 1.807) is 12.1 Å². The predicted octanol–water partition coefficient (Wildman–Crippen LogP) is 4.12. The molecule has 0 aliphatic rings. The van der Waals surface area contributed by atoms with Crippen LogP contribution in [0.15, 0.2) is 58.2 Å². The van der Waals surface area contributed by atoms with Crippen molar-refractivity contribution in [2.24, 2.45) is 0 Å². The molecule has 0 bridgehead atoms. The Hall–Kier alpha value is -2.87. The van der Waals surface area contributed by atoms with E-state index in [1.165, 1.54) is 23.9 Å². The van der Waals surface area contributed by atoms with Gasteiger partial charge in [0.15, 0.2) is 0 Å². The average molecular weight is 357 g/mol. The van der Waals surface area contributed by atoms with E-state index in [0.29, 0.717) is 29.0 Å². The molecule has 0 unspecified atom stereocenters. The highest BCUT2D eigenvalue weighted by atomic mass is 32.2. The monoisotopic (exact) mass is 357 g/mol. The Balaban J connectivity index is 1.52. The molecule has 0 amide bonds. The van der Waals surface area contributed by atoms with Crippen LogP contribution in [0.25, 0.3) is 11.5 Å². The van der Waals surface area contributed by atoms with Gasteiger partial charge in [-0.2, -0.15) is 0 Å². The van der Waals surface area contributed by atoms with E-state index in [4.69, 9.17) is 9.15 Å². The number of nitro groups is 1. The number of ether oxygens (including phenoxy) is 1. The third-order valence-electron chi connectivity index (χ3n) is 3.30.